The highest BCUT2D eigenvalue weighted by Crippen LogP contribution is 2.26. The van der Waals surface area contributed by atoms with Crippen molar-refractivity contribution in [3.8, 4) is 5.75 Å². The van der Waals surface area contributed by atoms with Gasteiger partial charge in [0.25, 0.3) is 0 Å². The zero-order valence-corrected chi connectivity index (χ0v) is 11.7. The number of nitrogens with two attached hydrogens (primary N) is 1. The van der Waals surface area contributed by atoms with E-state index in [1.54, 1.807) is 0 Å². The second-order valence-corrected chi connectivity index (χ2v) is 5.03. The fourth-order valence-electron chi connectivity index (χ4n) is 1.73. The van der Waals surface area contributed by atoms with Crippen molar-refractivity contribution in [3.05, 3.63) is 47.5 Å². The van der Waals surface area contributed by atoms with E-state index in [-0.39, 0.29) is 6.10 Å². The van der Waals surface area contributed by atoms with E-state index in [4.69, 9.17) is 22.1 Å². The first-order valence-corrected chi connectivity index (χ1v) is 6.50. The summed E-state index contributed by atoms with van der Waals surface area (Å²) in [4.78, 5) is 0. The Labute approximate surface area is 118 Å². The molecule has 0 heterocycles. The van der Waals surface area contributed by atoms with Crippen LogP contribution in [0.4, 0.5) is 17.1 Å². The van der Waals surface area contributed by atoms with Crippen molar-refractivity contribution in [1.29, 1.82) is 0 Å². The van der Waals surface area contributed by atoms with E-state index in [2.05, 4.69) is 5.32 Å². The van der Waals surface area contributed by atoms with Crippen molar-refractivity contribution in [2.75, 3.05) is 11.1 Å². The maximum atomic E-state index is 5.87. The predicted molar refractivity (Wildman–Crippen MR) is 81.4 cm³/mol. The van der Waals surface area contributed by atoms with Gasteiger partial charge in [0.15, 0.2) is 0 Å². The normalized spacial score (nSPS) is 10.5. The molecule has 3 N–H and O–H groups in total. The Morgan fingerprint density at radius 2 is 1.74 bits per heavy atom. The molecule has 2 rings (SSSR count). The summed E-state index contributed by atoms with van der Waals surface area (Å²) in [5.41, 5.74) is 8.37. The molecule has 3 nitrogen and oxygen atoms in total. The minimum atomic E-state index is 0.116. The van der Waals surface area contributed by atoms with E-state index in [0.29, 0.717) is 10.7 Å². The number of hydrogen-bond acceptors (Lipinski definition) is 3. The molecule has 0 unspecified atom stereocenters. The van der Waals surface area contributed by atoms with Crippen molar-refractivity contribution in [2.24, 2.45) is 0 Å². The van der Waals surface area contributed by atoms with Gasteiger partial charge >= 0.3 is 0 Å². The van der Waals surface area contributed by atoms with Gasteiger partial charge in [0.2, 0.25) is 0 Å². The third-order valence-electron chi connectivity index (χ3n) is 2.43. The zero-order chi connectivity index (χ0) is 13.8. The Morgan fingerprint density at radius 3 is 2.37 bits per heavy atom. The Bertz CT molecular complexity index is 553. The van der Waals surface area contributed by atoms with Gasteiger partial charge in [0.05, 0.1) is 6.10 Å². The van der Waals surface area contributed by atoms with Crippen LogP contribution in [0.1, 0.15) is 13.8 Å². The van der Waals surface area contributed by atoms with Crippen LogP contribution in [-0.2, 0) is 0 Å². The van der Waals surface area contributed by atoms with Crippen LogP contribution in [0, 0.1) is 0 Å². The van der Waals surface area contributed by atoms with Crippen LogP contribution >= 0.6 is 11.6 Å². The summed E-state index contributed by atoms with van der Waals surface area (Å²) in [5, 5.41) is 3.98. The van der Waals surface area contributed by atoms with Crippen molar-refractivity contribution in [1.82, 2.24) is 0 Å². The van der Waals surface area contributed by atoms with Crippen LogP contribution in [0.5, 0.6) is 5.75 Å². The van der Waals surface area contributed by atoms with E-state index >= 15 is 0 Å². The molecule has 4 heteroatoms. The fraction of sp³-hybridized carbons (Fsp3) is 0.200. The van der Waals surface area contributed by atoms with Gasteiger partial charge in [0.1, 0.15) is 5.75 Å². The highest BCUT2D eigenvalue weighted by molar-refractivity contribution is 6.30. The molecule has 0 spiro atoms. The summed E-state index contributed by atoms with van der Waals surface area (Å²) in [6, 6.07) is 13.1. The van der Waals surface area contributed by atoms with Crippen LogP contribution < -0.4 is 15.8 Å². The Kier molecular flexibility index (Phi) is 4.17. The molecular weight excluding hydrogens is 260 g/mol. The van der Waals surface area contributed by atoms with Crippen LogP contribution in [-0.4, -0.2) is 6.10 Å². The molecule has 0 aliphatic rings. The third-order valence-corrected chi connectivity index (χ3v) is 2.69. The first-order valence-electron chi connectivity index (χ1n) is 6.13. The molecule has 0 atom stereocenters. The maximum Gasteiger partial charge on any atom is 0.123 e. The van der Waals surface area contributed by atoms with Gasteiger partial charge in [-0.3, -0.25) is 0 Å². The fourth-order valence-corrected chi connectivity index (χ4v) is 1.86. The number of nitrogens with one attached hydrogen (secondary N) is 1. The molecule has 19 heavy (non-hydrogen) atoms. The molecule has 0 fully saturated rings. The van der Waals surface area contributed by atoms with Crippen molar-refractivity contribution >= 4 is 28.7 Å². The largest absolute Gasteiger partial charge is 0.491 e. The lowest BCUT2D eigenvalue weighted by atomic mass is 10.2. The predicted octanol–water partition coefficient (Wildman–Crippen LogP) is 4.45. The molecule has 2 aromatic rings. The molecule has 0 saturated carbocycles. The first kappa shape index (κ1) is 13.6. The lowest BCUT2D eigenvalue weighted by molar-refractivity contribution is 0.242. The molecule has 0 amide bonds. The summed E-state index contributed by atoms with van der Waals surface area (Å²) in [6.07, 6.45) is 0.116. The highest BCUT2D eigenvalue weighted by atomic mass is 35.5. The minimum Gasteiger partial charge on any atom is -0.491 e. The van der Waals surface area contributed by atoms with Gasteiger partial charge in [-0.15, -0.1) is 0 Å². The van der Waals surface area contributed by atoms with E-state index in [1.807, 2.05) is 56.3 Å². The summed E-state index contributed by atoms with van der Waals surface area (Å²) in [5.74, 6) is 0.756. The number of hydrogen-bond donors (Lipinski definition) is 2. The van der Waals surface area contributed by atoms with Crippen molar-refractivity contribution < 1.29 is 4.74 Å². The van der Waals surface area contributed by atoms with Crippen LogP contribution in [0.25, 0.3) is 0 Å². The van der Waals surface area contributed by atoms with Gasteiger partial charge in [0, 0.05) is 34.2 Å². The minimum absolute atomic E-state index is 0.116. The summed E-state index contributed by atoms with van der Waals surface area (Å²) < 4.78 is 5.65. The topological polar surface area (TPSA) is 47.3 Å². The molecule has 0 aliphatic heterocycles. The Balaban J connectivity index is 2.19. The average molecular weight is 277 g/mol. The molecule has 0 bridgehead atoms. The van der Waals surface area contributed by atoms with Gasteiger partial charge in [-0.25, -0.2) is 0 Å². The Hall–Kier alpha value is -1.87. The number of benzene rings is 2. The van der Waals surface area contributed by atoms with Gasteiger partial charge < -0.3 is 15.8 Å². The number of rotatable bonds is 4. The molecule has 100 valence electrons. The molecule has 0 aliphatic carbocycles. The second kappa shape index (κ2) is 5.85. The summed E-state index contributed by atoms with van der Waals surface area (Å²) in [6.45, 7) is 3.96. The number of anilines is 3. The van der Waals surface area contributed by atoms with E-state index in [1.165, 1.54) is 0 Å². The van der Waals surface area contributed by atoms with Gasteiger partial charge in [-0.1, -0.05) is 11.6 Å². The molecule has 0 radical (unpaired) electrons. The highest BCUT2D eigenvalue weighted by Gasteiger charge is 2.03. The summed E-state index contributed by atoms with van der Waals surface area (Å²) >= 11 is 5.85. The number of ether oxygens (including phenoxy) is 1. The molecule has 0 aromatic heterocycles. The smallest absolute Gasteiger partial charge is 0.123 e. The van der Waals surface area contributed by atoms with Crippen LogP contribution in [0.3, 0.4) is 0 Å². The number of halogens is 1. The quantitative estimate of drug-likeness (QED) is 0.811. The van der Waals surface area contributed by atoms with E-state index in [9.17, 15) is 0 Å². The lowest BCUT2D eigenvalue weighted by Gasteiger charge is -2.13. The first-order chi connectivity index (χ1) is 9.02. The molecule has 0 saturated heterocycles. The summed E-state index contributed by atoms with van der Waals surface area (Å²) in [7, 11) is 0. The standard InChI is InChI=1S/C15H17ClN2O/c1-10(2)19-15-8-12(17)7-14(9-15)18-13-5-3-11(16)4-6-13/h3-10,18H,17H2,1-2H3. The second-order valence-electron chi connectivity index (χ2n) is 4.59. The Morgan fingerprint density at radius 1 is 1.05 bits per heavy atom. The monoisotopic (exact) mass is 276 g/mol. The van der Waals surface area contributed by atoms with Gasteiger partial charge in [-0.2, -0.15) is 0 Å². The van der Waals surface area contributed by atoms with Crippen LogP contribution in [0.15, 0.2) is 42.5 Å². The molecular formula is C15H17ClN2O. The van der Waals surface area contributed by atoms with Crippen LogP contribution in [0.2, 0.25) is 5.02 Å². The van der Waals surface area contributed by atoms with E-state index in [0.717, 1.165) is 17.1 Å². The number of nitrogen functional groups attached to an aromatic ring is 1. The van der Waals surface area contributed by atoms with Crippen molar-refractivity contribution in [2.45, 2.75) is 20.0 Å². The SMILES string of the molecule is CC(C)Oc1cc(N)cc(Nc2ccc(Cl)cc2)c1. The van der Waals surface area contributed by atoms with E-state index < -0.39 is 0 Å². The third kappa shape index (κ3) is 4.07. The molecule has 2 aromatic carbocycles. The average Bonchev–Trinajstić information content (AvgIpc) is 2.30. The lowest BCUT2D eigenvalue weighted by Crippen LogP contribution is -2.06. The van der Waals surface area contributed by atoms with Gasteiger partial charge in [-0.05, 0) is 44.2 Å². The zero-order valence-electron chi connectivity index (χ0n) is 11.0. The maximum absolute atomic E-state index is 5.87. The van der Waals surface area contributed by atoms with Crippen molar-refractivity contribution in [3.63, 3.8) is 0 Å².